The summed E-state index contributed by atoms with van der Waals surface area (Å²) >= 11 is 1.36. The van der Waals surface area contributed by atoms with Gasteiger partial charge in [-0.2, -0.15) is 0 Å². The number of benzene rings is 1. The van der Waals surface area contributed by atoms with Crippen LogP contribution in [0.25, 0.3) is 0 Å². The van der Waals surface area contributed by atoms with E-state index in [1.54, 1.807) is 30.7 Å². The summed E-state index contributed by atoms with van der Waals surface area (Å²) in [5, 5.41) is 17.6. The number of hydrogen-bond acceptors (Lipinski definition) is 8. The van der Waals surface area contributed by atoms with Crippen LogP contribution in [0.1, 0.15) is 39.3 Å². The third kappa shape index (κ3) is 6.23. The molecule has 0 saturated carbocycles. The van der Waals surface area contributed by atoms with Gasteiger partial charge in [-0.3, -0.25) is 9.59 Å². The molecule has 2 heterocycles. The molecule has 3 N–H and O–H groups in total. The summed E-state index contributed by atoms with van der Waals surface area (Å²) in [7, 11) is 3.51. The minimum atomic E-state index is -0.419. The van der Waals surface area contributed by atoms with Gasteiger partial charge in [0.2, 0.25) is 0 Å². The Hall–Kier alpha value is -2.53. The average molecular weight is 449 g/mol. The molecule has 1 saturated heterocycles. The van der Waals surface area contributed by atoms with Gasteiger partial charge in [0.15, 0.2) is 5.13 Å². The van der Waals surface area contributed by atoms with Crippen LogP contribution in [0.5, 0.6) is 0 Å². The van der Waals surface area contributed by atoms with Crippen LogP contribution in [0, 0.1) is 0 Å². The molecule has 168 valence electrons. The summed E-state index contributed by atoms with van der Waals surface area (Å²) in [6.45, 7) is 2.24. The Morgan fingerprint density at radius 1 is 1.32 bits per heavy atom. The highest BCUT2D eigenvalue weighted by Gasteiger charge is 2.21. The van der Waals surface area contributed by atoms with Crippen LogP contribution in [-0.2, 0) is 16.1 Å². The second-order valence-corrected chi connectivity index (χ2v) is 8.12. The first-order valence-electron chi connectivity index (χ1n) is 10.1. The summed E-state index contributed by atoms with van der Waals surface area (Å²) in [6.07, 6.45) is 1.50. The molecule has 0 spiro atoms. The lowest BCUT2D eigenvalue weighted by molar-refractivity contribution is 0.0697. The van der Waals surface area contributed by atoms with E-state index in [-0.39, 0.29) is 24.2 Å². The molecule has 2 amide bonds. The molecule has 1 aromatic heterocycles. The van der Waals surface area contributed by atoms with Gasteiger partial charge in [-0.15, -0.1) is 11.3 Å². The van der Waals surface area contributed by atoms with Crippen molar-refractivity contribution in [2.45, 2.75) is 25.5 Å². The molecule has 0 radical (unpaired) electrons. The van der Waals surface area contributed by atoms with Crippen LogP contribution in [0.15, 0.2) is 23.6 Å². The fraction of sp³-hybridized carbons (Fsp3) is 0.476. The van der Waals surface area contributed by atoms with Gasteiger partial charge in [0.05, 0.1) is 24.5 Å². The molecule has 0 unspecified atom stereocenters. The topological polar surface area (TPSA) is 113 Å². The van der Waals surface area contributed by atoms with Gasteiger partial charge < -0.3 is 30.1 Å². The molecule has 3 rings (SSSR count). The number of carbonyl (C=O) groups excluding carboxylic acids is 2. The molecule has 0 aliphatic carbocycles. The predicted molar refractivity (Wildman–Crippen MR) is 119 cm³/mol. The van der Waals surface area contributed by atoms with Gasteiger partial charge in [-0.25, -0.2) is 4.98 Å². The molecule has 0 bridgehead atoms. The van der Waals surface area contributed by atoms with E-state index in [0.717, 1.165) is 12.8 Å². The quantitative estimate of drug-likeness (QED) is 0.537. The van der Waals surface area contributed by atoms with E-state index in [2.05, 4.69) is 15.6 Å². The van der Waals surface area contributed by atoms with Gasteiger partial charge in [-0.1, -0.05) is 6.07 Å². The second kappa shape index (κ2) is 11.2. The maximum Gasteiger partial charge on any atom is 0.275 e. The standard InChI is InChI=1S/C21H28N4O5S/c1-25(7-10-29-2)21-24-18(13-31-21)20(28)23-17-11-14(12-26)3-4-16(17)19(27)22-15-5-8-30-9-6-15/h3-4,11,13,15,26H,5-10,12H2,1-2H3,(H,22,27)(H,23,28). The highest BCUT2D eigenvalue weighted by atomic mass is 32.1. The van der Waals surface area contributed by atoms with Crippen molar-refractivity contribution in [3.8, 4) is 0 Å². The predicted octanol–water partition coefficient (Wildman–Crippen LogP) is 1.88. The third-order valence-electron chi connectivity index (χ3n) is 5.00. The van der Waals surface area contributed by atoms with Gasteiger partial charge in [0.1, 0.15) is 5.69 Å². The first kappa shape index (κ1) is 23.1. The fourth-order valence-corrected chi connectivity index (χ4v) is 3.95. The van der Waals surface area contributed by atoms with Gasteiger partial charge >= 0.3 is 0 Å². The van der Waals surface area contributed by atoms with Crippen molar-refractivity contribution < 1.29 is 24.2 Å². The number of nitrogens with one attached hydrogen (secondary N) is 2. The maximum atomic E-state index is 12.8. The molecule has 31 heavy (non-hydrogen) atoms. The van der Waals surface area contributed by atoms with Crippen molar-refractivity contribution >= 4 is 34.0 Å². The zero-order chi connectivity index (χ0) is 22.2. The Morgan fingerprint density at radius 3 is 2.81 bits per heavy atom. The SMILES string of the molecule is COCCN(C)c1nc(C(=O)Nc2cc(CO)ccc2C(=O)NC2CCOCC2)cs1. The highest BCUT2D eigenvalue weighted by molar-refractivity contribution is 7.13. The highest BCUT2D eigenvalue weighted by Crippen LogP contribution is 2.23. The Bertz CT molecular complexity index is 898. The van der Waals surface area contributed by atoms with E-state index in [9.17, 15) is 14.7 Å². The number of rotatable bonds is 9. The molecule has 1 aliphatic heterocycles. The summed E-state index contributed by atoms with van der Waals surface area (Å²) in [5.41, 5.74) is 1.53. The van der Waals surface area contributed by atoms with E-state index in [0.29, 0.717) is 48.3 Å². The lowest BCUT2D eigenvalue weighted by Gasteiger charge is -2.23. The Labute approximate surface area is 185 Å². The molecule has 1 aromatic carbocycles. The van der Waals surface area contributed by atoms with Crippen molar-refractivity contribution in [1.29, 1.82) is 0 Å². The van der Waals surface area contributed by atoms with Crippen molar-refractivity contribution in [3.05, 3.63) is 40.4 Å². The number of aliphatic hydroxyl groups is 1. The van der Waals surface area contributed by atoms with Crippen LogP contribution in [0.3, 0.4) is 0 Å². The number of aromatic nitrogens is 1. The molecule has 2 aromatic rings. The van der Waals surface area contributed by atoms with Crippen LogP contribution >= 0.6 is 11.3 Å². The monoisotopic (exact) mass is 448 g/mol. The zero-order valence-electron chi connectivity index (χ0n) is 17.7. The number of carbonyl (C=O) groups is 2. The van der Waals surface area contributed by atoms with Gasteiger partial charge in [0, 0.05) is 45.3 Å². The number of ether oxygens (including phenoxy) is 2. The minimum absolute atomic E-state index is 0.0334. The summed E-state index contributed by atoms with van der Waals surface area (Å²) in [5.74, 6) is -0.692. The van der Waals surface area contributed by atoms with E-state index >= 15 is 0 Å². The second-order valence-electron chi connectivity index (χ2n) is 7.28. The van der Waals surface area contributed by atoms with Crippen molar-refractivity contribution in [3.63, 3.8) is 0 Å². The van der Waals surface area contributed by atoms with E-state index in [1.807, 2.05) is 11.9 Å². The molecule has 10 heteroatoms. The van der Waals surface area contributed by atoms with Crippen molar-refractivity contribution in [2.75, 3.05) is 50.7 Å². The first-order chi connectivity index (χ1) is 15.0. The average Bonchev–Trinajstić information content (AvgIpc) is 3.28. The fourth-order valence-electron chi connectivity index (χ4n) is 3.15. The van der Waals surface area contributed by atoms with Crippen LogP contribution < -0.4 is 15.5 Å². The van der Waals surface area contributed by atoms with Crippen molar-refractivity contribution in [1.82, 2.24) is 10.3 Å². The van der Waals surface area contributed by atoms with Crippen LogP contribution in [0.4, 0.5) is 10.8 Å². The number of thiazole rings is 1. The Morgan fingerprint density at radius 2 is 2.10 bits per heavy atom. The Balaban J connectivity index is 1.74. The molecule has 1 fully saturated rings. The number of amides is 2. The lowest BCUT2D eigenvalue weighted by atomic mass is 10.1. The number of methoxy groups -OCH3 is 1. The summed E-state index contributed by atoms with van der Waals surface area (Å²) in [6, 6.07) is 4.92. The number of likely N-dealkylation sites (N-methyl/N-ethyl adjacent to an activating group) is 1. The van der Waals surface area contributed by atoms with Crippen LogP contribution in [0.2, 0.25) is 0 Å². The molecular weight excluding hydrogens is 420 g/mol. The zero-order valence-corrected chi connectivity index (χ0v) is 18.5. The normalized spacial score (nSPS) is 14.3. The lowest BCUT2D eigenvalue weighted by Crippen LogP contribution is -2.39. The van der Waals surface area contributed by atoms with E-state index < -0.39 is 5.91 Å². The number of aliphatic hydroxyl groups excluding tert-OH is 1. The largest absolute Gasteiger partial charge is 0.392 e. The minimum Gasteiger partial charge on any atom is -0.392 e. The molecule has 9 nitrogen and oxygen atoms in total. The van der Waals surface area contributed by atoms with Gasteiger partial charge in [0.25, 0.3) is 11.8 Å². The smallest absolute Gasteiger partial charge is 0.275 e. The summed E-state index contributed by atoms with van der Waals surface area (Å²) in [4.78, 5) is 31.9. The van der Waals surface area contributed by atoms with Gasteiger partial charge in [-0.05, 0) is 30.5 Å². The maximum absolute atomic E-state index is 12.8. The number of hydrogen-bond donors (Lipinski definition) is 3. The van der Waals surface area contributed by atoms with E-state index in [1.165, 1.54) is 11.3 Å². The van der Waals surface area contributed by atoms with Crippen molar-refractivity contribution in [2.24, 2.45) is 0 Å². The molecule has 1 aliphatic rings. The molecule has 0 atom stereocenters. The summed E-state index contributed by atoms with van der Waals surface area (Å²) < 4.78 is 10.4. The van der Waals surface area contributed by atoms with Crippen LogP contribution in [-0.4, -0.2) is 68.5 Å². The number of anilines is 2. The number of nitrogens with zero attached hydrogens (tertiary/aromatic N) is 2. The van der Waals surface area contributed by atoms with E-state index in [4.69, 9.17) is 9.47 Å². The third-order valence-corrected chi connectivity index (χ3v) is 5.95. The molecular formula is C21H28N4O5S. The first-order valence-corrected chi connectivity index (χ1v) is 11.0. The Kier molecular flexibility index (Phi) is 8.35.